The maximum absolute atomic E-state index is 11.6. The predicted octanol–water partition coefficient (Wildman–Crippen LogP) is 0.565. The molecule has 11 heavy (non-hydrogen) atoms. The Hall–Kier alpha value is -0.780. The molecule has 0 bridgehead atoms. The first-order chi connectivity index (χ1) is 4.87. The van der Waals surface area contributed by atoms with Gasteiger partial charge in [0.25, 0.3) is 0 Å². The van der Waals surface area contributed by atoms with Crippen LogP contribution in [0.1, 0.15) is 13.3 Å². The summed E-state index contributed by atoms with van der Waals surface area (Å²) in [6.45, 7) is 1.16. The molecule has 0 aromatic carbocycles. The van der Waals surface area contributed by atoms with Gasteiger partial charge in [-0.05, 0) is 0 Å². The third-order valence-corrected chi connectivity index (χ3v) is 1.13. The Kier molecular flexibility index (Phi) is 3.31. The SMILES string of the molecule is CC(CC(F)(F)F)C(=O)NN. The molecule has 6 heteroatoms. The minimum absolute atomic E-state index is 0.803. The lowest BCUT2D eigenvalue weighted by Crippen LogP contribution is -2.36. The number of nitrogens with one attached hydrogen (secondary N) is 1. The van der Waals surface area contributed by atoms with Crippen molar-refractivity contribution in [2.45, 2.75) is 19.5 Å². The van der Waals surface area contributed by atoms with Crippen LogP contribution in [0.2, 0.25) is 0 Å². The van der Waals surface area contributed by atoms with Gasteiger partial charge in [-0.3, -0.25) is 10.2 Å². The molecule has 0 aromatic heterocycles. The Bertz CT molecular complexity index is 145. The molecule has 0 aliphatic heterocycles. The van der Waals surface area contributed by atoms with E-state index >= 15 is 0 Å². The van der Waals surface area contributed by atoms with Gasteiger partial charge in [-0.25, -0.2) is 5.84 Å². The minimum Gasteiger partial charge on any atom is -0.294 e. The van der Waals surface area contributed by atoms with E-state index in [1.165, 1.54) is 0 Å². The number of carbonyl (C=O) groups is 1. The van der Waals surface area contributed by atoms with Crippen molar-refractivity contribution < 1.29 is 18.0 Å². The summed E-state index contributed by atoms with van der Waals surface area (Å²) in [6, 6.07) is 0. The molecule has 0 aromatic rings. The van der Waals surface area contributed by atoms with Gasteiger partial charge in [0.1, 0.15) is 0 Å². The van der Waals surface area contributed by atoms with Crippen molar-refractivity contribution in [3.63, 3.8) is 0 Å². The molecule has 0 saturated heterocycles. The molecular weight excluding hydrogens is 161 g/mol. The second kappa shape index (κ2) is 3.56. The van der Waals surface area contributed by atoms with Crippen molar-refractivity contribution in [3.05, 3.63) is 0 Å². The maximum Gasteiger partial charge on any atom is 0.389 e. The highest BCUT2D eigenvalue weighted by atomic mass is 19.4. The Morgan fingerprint density at radius 2 is 2.09 bits per heavy atom. The predicted molar refractivity (Wildman–Crippen MR) is 32.2 cm³/mol. The quantitative estimate of drug-likeness (QED) is 0.361. The van der Waals surface area contributed by atoms with Crippen LogP contribution in [0.5, 0.6) is 0 Å². The van der Waals surface area contributed by atoms with E-state index < -0.39 is 24.4 Å². The lowest BCUT2D eigenvalue weighted by atomic mass is 10.1. The number of rotatable bonds is 2. The summed E-state index contributed by atoms with van der Waals surface area (Å²) in [6.07, 6.45) is -5.46. The molecule has 66 valence electrons. The average Bonchev–Trinajstić information content (AvgIpc) is 1.82. The number of alkyl halides is 3. The second-order valence-electron chi connectivity index (χ2n) is 2.23. The van der Waals surface area contributed by atoms with Gasteiger partial charge >= 0.3 is 6.18 Å². The third-order valence-electron chi connectivity index (χ3n) is 1.13. The number of halogens is 3. The molecule has 0 aliphatic rings. The molecule has 1 atom stereocenters. The lowest BCUT2D eigenvalue weighted by molar-refractivity contribution is -0.152. The smallest absolute Gasteiger partial charge is 0.294 e. The zero-order valence-corrected chi connectivity index (χ0v) is 5.90. The summed E-state index contributed by atoms with van der Waals surface area (Å²) >= 11 is 0. The van der Waals surface area contributed by atoms with E-state index in [2.05, 4.69) is 5.84 Å². The molecule has 0 fully saturated rings. The molecule has 0 spiro atoms. The highest BCUT2D eigenvalue weighted by Gasteiger charge is 2.32. The van der Waals surface area contributed by atoms with E-state index in [0.29, 0.717) is 0 Å². The topological polar surface area (TPSA) is 55.1 Å². The Morgan fingerprint density at radius 3 is 2.36 bits per heavy atom. The Morgan fingerprint density at radius 1 is 1.64 bits per heavy atom. The van der Waals surface area contributed by atoms with Crippen LogP contribution < -0.4 is 11.3 Å². The van der Waals surface area contributed by atoms with Crippen molar-refractivity contribution in [2.24, 2.45) is 11.8 Å². The van der Waals surface area contributed by atoms with Crippen LogP contribution in [-0.2, 0) is 4.79 Å². The fourth-order valence-electron chi connectivity index (χ4n) is 0.582. The number of hydrazine groups is 1. The minimum atomic E-state index is -4.31. The highest BCUT2D eigenvalue weighted by Crippen LogP contribution is 2.24. The van der Waals surface area contributed by atoms with E-state index in [1.54, 1.807) is 5.43 Å². The van der Waals surface area contributed by atoms with Gasteiger partial charge < -0.3 is 0 Å². The largest absolute Gasteiger partial charge is 0.389 e. The maximum atomic E-state index is 11.6. The summed E-state index contributed by atoms with van der Waals surface area (Å²) in [5.74, 6) is 2.70. The van der Waals surface area contributed by atoms with Crippen LogP contribution in [0.15, 0.2) is 0 Å². The standard InChI is InChI=1S/C5H9F3N2O/c1-3(4(11)10-9)2-5(6,7)8/h3H,2,9H2,1H3,(H,10,11). The molecule has 0 rings (SSSR count). The monoisotopic (exact) mass is 170 g/mol. The number of amides is 1. The molecule has 3 nitrogen and oxygen atoms in total. The average molecular weight is 170 g/mol. The van der Waals surface area contributed by atoms with Crippen molar-refractivity contribution >= 4 is 5.91 Å². The molecule has 1 amide bonds. The van der Waals surface area contributed by atoms with Gasteiger partial charge in [0.15, 0.2) is 0 Å². The normalized spacial score (nSPS) is 14.3. The first-order valence-electron chi connectivity index (χ1n) is 2.94. The molecule has 1 unspecified atom stereocenters. The fourth-order valence-corrected chi connectivity index (χ4v) is 0.582. The van der Waals surface area contributed by atoms with Crippen molar-refractivity contribution in [2.75, 3.05) is 0 Å². The number of nitrogens with two attached hydrogens (primary N) is 1. The summed E-state index contributed by atoms with van der Waals surface area (Å²) in [5.41, 5.74) is 1.65. The second-order valence-corrected chi connectivity index (χ2v) is 2.23. The van der Waals surface area contributed by atoms with Gasteiger partial charge in [0.2, 0.25) is 5.91 Å². The van der Waals surface area contributed by atoms with E-state index in [1.807, 2.05) is 0 Å². The third kappa shape index (κ3) is 4.60. The van der Waals surface area contributed by atoms with E-state index in [9.17, 15) is 18.0 Å². The van der Waals surface area contributed by atoms with Crippen molar-refractivity contribution in [1.82, 2.24) is 5.43 Å². The van der Waals surface area contributed by atoms with Gasteiger partial charge in [-0.1, -0.05) is 6.92 Å². The molecule has 3 N–H and O–H groups in total. The van der Waals surface area contributed by atoms with Gasteiger partial charge in [-0.15, -0.1) is 0 Å². The van der Waals surface area contributed by atoms with E-state index in [-0.39, 0.29) is 0 Å². The van der Waals surface area contributed by atoms with Crippen molar-refractivity contribution in [1.29, 1.82) is 0 Å². The first kappa shape index (κ1) is 10.2. The van der Waals surface area contributed by atoms with Crippen LogP contribution in [0.4, 0.5) is 13.2 Å². The zero-order valence-electron chi connectivity index (χ0n) is 5.90. The molecular formula is C5H9F3N2O. The molecule has 0 saturated carbocycles. The van der Waals surface area contributed by atoms with Gasteiger partial charge in [-0.2, -0.15) is 13.2 Å². The fraction of sp³-hybridized carbons (Fsp3) is 0.800. The van der Waals surface area contributed by atoms with Crippen LogP contribution in [0.25, 0.3) is 0 Å². The number of hydrogen-bond donors (Lipinski definition) is 2. The summed E-state index contributed by atoms with van der Waals surface area (Å²) < 4.78 is 34.7. The highest BCUT2D eigenvalue weighted by molar-refractivity contribution is 5.77. The number of carbonyl (C=O) groups excluding carboxylic acids is 1. The zero-order chi connectivity index (χ0) is 9.07. The van der Waals surface area contributed by atoms with Crippen LogP contribution >= 0.6 is 0 Å². The Balaban J connectivity index is 3.87. The summed E-state index contributed by atoms with van der Waals surface area (Å²) in [4.78, 5) is 10.5. The lowest BCUT2D eigenvalue weighted by Gasteiger charge is -2.11. The van der Waals surface area contributed by atoms with Gasteiger partial charge in [0, 0.05) is 5.92 Å². The van der Waals surface area contributed by atoms with Crippen molar-refractivity contribution in [3.8, 4) is 0 Å². The van der Waals surface area contributed by atoms with E-state index in [4.69, 9.17) is 0 Å². The van der Waals surface area contributed by atoms with Crippen LogP contribution in [0, 0.1) is 5.92 Å². The van der Waals surface area contributed by atoms with Gasteiger partial charge in [0.05, 0.1) is 6.42 Å². The van der Waals surface area contributed by atoms with Crippen LogP contribution in [-0.4, -0.2) is 12.1 Å². The van der Waals surface area contributed by atoms with Crippen LogP contribution in [0.3, 0.4) is 0 Å². The molecule has 0 heterocycles. The van der Waals surface area contributed by atoms with E-state index in [0.717, 1.165) is 6.92 Å². The number of hydrogen-bond acceptors (Lipinski definition) is 2. The first-order valence-corrected chi connectivity index (χ1v) is 2.94. The summed E-state index contributed by atoms with van der Waals surface area (Å²) in [7, 11) is 0. The summed E-state index contributed by atoms with van der Waals surface area (Å²) in [5, 5.41) is 0. The molecule has 0 radical (unpaired) electrons. The molecule has 0 aliphatic carbocycles. The Labute approximate surface area is 61.7 Å².